The second kappa shape index (κ2) is 7.32. The number of nitrogens with zero attached hydrogens (tertiary/aromatic N) is 1. The van der Waals surface area contributed by atoms with Crippen LogP contribution in [0.15, 0.2) is 57.0 Å². The normalized spacial score (nSPS) is 19.5. The second-order valence-corrected chi connectivity index (χ2v) is 6.44. The molecule has 8 heteroatoms. The molecule has 8 nitrogen and oxygen atoms in total. The van der Waals surface area contributed by atoms with E-state index in [9.17, 15) is 4.79 Å². The number of amides is 1. The molecule has 0 radical (unpaired) electrons. The van der Waals surface area contributed by atoms with Gasteiger partial charge in [0.25, 0.3) is 5.91 Å². The maximum absolute atomic E-state index is 12.3. The van der Waals surface area contributed by atoms with Crippen LogP contribution in [0.25, 0.3) is 0 Å². The molecule has 0 unspecified atom stereocenters. The molecular formula is C19H22N4O4. The lowest BCUT2D eigenvalue weighted by molar-refractivity contribution is 0.0934. The standard InChI is InChI=1S/C19H22N4O4/c1-11-20-9-15(27-11)19(24)23-16-10-21-17-13(12-5-7-26-8-6-12)3-4-14(25-2)18(17)22-16/h5,9-10,21-22H,3-4,6-8H2,1-2H3,(H,23,24). The summed E-state index contributed by atoms with van der Waals surface area (Å²) in [6, 6.07) is 0. The molecule has 1 aromatic heterocycles. The first-order valence-corrected chi connectivity index (χ1v) is 8.91. The molecule has 27 heavy (non-hydrogen) atoms. The number of carbonyl (C=O) groups excluding carboxylic acids is 1. The van der Waals surface area contributed by atoms with Crippen LogP contribution in [0.2, 0.25) is 0 Å². The zero-order valence-electron chi connectivity index (χ0n) is 15.3. The van der Waals surface area contributed by atoms with Gasteiger partial charge in [-0.15, -0.1) is 0 Å². The first kappa shape index (κ1) is 17.4. The third kappa shape index (κ3) is 3.48. The van der Waals surface area contributed by atoms with Crippen molar-refractivity contribution in [1.82, 2.24) is 20.9 Å². The number of methoxy groups -OCH3 is 1. The van der Waals surface area contributed by atoms with E-state index in [1.54, 1.807) is 20.2 Å². The highest BCUT2D eigenvalue weighted by Crippen LogP contribution is 2.35. The largest absolute Gasteiger partial charge is 0.499 e. The quantitative estimate of drug-likeness (QED) is 0.745. The predicted molar refractivity (Wildman–Crippen MR) is 96.9 cm³/mol. The van der Waals surface area contributed by atoms with Gasteiger partial charge in [0.2, 0.25) is 5.76 Å². The van der Waals surface area contributed by atoms with Gasteiger partial charge >= 0.3 is 0 Å². The van der Waals surface area contributed by atoms with Gasteiger partial charge in [0.05, 0.1) is 32.2 Å². The Kier molecular flexibility index (Phi) is 4.72. The van der Waals surface area contributed by atoms with E-state index < -0.39 is 0 Å². The average Bonchev–Trinajstić information content (AvgIpc) is 3.14. The summed E-state index contributed by atoms with van der Waals surface area (Å²) in [5.74, 6) is 1.61. The van der Waals surface area contributed by atoms with Gasteiger partial charge in [-0.3, -0.25) is 4.79 Å². The van der Waals surface area contributed by atoms with E-state index in [0.29, 0.717) is 18.3 Å². The number of nitrogens with one attached hydrogen (secondary N) is 3. The molecule has 0 saturated carbocycles. The first-order chi connectivity index (χ1) is 13.2. The van der Waals surface area contributed by atoms with E-state index in [4.69, 9.17) is 13.9 Å². The Morgan fingerprint density at radius 2 is 2.19 bits per heavy atom. The maximum Gasteiger partial charge on any atom is 0.294 e. The van der Waals surface area contributed by atoms with Crippen molar-refractivity contribution in [3.8, 4) is 0 Å². The van der Waals surface area contributed by atoms with Gasteiger partial charge < -0.3 is 29.8 Å². The molecule has 1 aliphatic carbocycles. The fraction of sp³-hybridized carbons (Fsp3) is 0.368. The van der Waals surface area contributed by atoms with Crippen LogP contribution in [0, 0.1) is 6.92 Å². The zero-order chi connectivity index (χ0) is 18.8. The number of carbonyl (C=O) groups is 1. The topological polar surface area (TPSA) is 97.7 Å². The molecule has 0 aromatic carbocycles. The third-order valence-corrected chi connectivity index (χ3v) is 4.74. The maximum atomic E-state index is 12.3. The van der Waals surface area contributed by atoms with E-state index >= 15 is 0 Å². The summed E-state index contributed by atoms with van der Waals surface area (Å²) in [4.78, 5) is 16.3. The summed E-state index contributed by atoms with van der Waals surface area (Å²) >= 11 is 0. The first-order valence-electron chi connectivity index (χ1n) is 8.91. The van der Waals surface area contributed by atoms with Gasteiger partial charge in [0.1, 0.15) is 17.3 Å². The molecule has 0 atom stereocenters. The summed E-state index contributed by atoms with van der Waals surface area (Å²) in [5.41, 5.74) is 4.39. The molecule has 0 spiro atoms. The van der Waals surface area contributed by atoms with Crippen molar-refractivity contribution in [1.29, 1.82) is 0 Å². The minimum absolute atomic E-state index is 0.161. The lowest BCUT2D eigenvalue weighted by Gasteiger charge is -2.32. The van der Waals surface area contributed by atoms with Gasteiger partial charge in [-0.25, -0.2) is 4.98 Å². The molecule has 1 amide bonds. The molecule has 0 saturated heterocycles. The summed E-state index contributed by atoms with van der Waals surface area (Å²) < 4.78 is 16.3. The molecule has 0 bridgehead atoms. The van der Waals surface area contributed by atoms with Gasteiger partial charge in [0.15, 0.2) is 5.89 Å². The summed E-state index contributed by atoms with van der Waals surface area (Å²) in [6.07, 6.45) is 7.86. The summed E-state index contributed by atoms with van der Waals surface area (Å²) in [6.45, 7) is 3.07. The molecule has 142 valence electrons. The number of hydrogen-bond donors (Lipinski definition) is 3. The van der Waals surface area contributed by atoms with Crippen molar-refractivity contribution < 1.29 is 18.7 Å². The molecule has 2 aliphatic heterocycles. The van der Waals surface area contributed by atoms with Crippen molar-refractivity contribution in [2.24, 2.45) is 0 Å². The Morgan fingerprint density at radius 3 is 2.89 bits per heavy atom. The molecule has 3 heterocycles. The molecule has 4 rings (SSSR count). The van der Waals surface area contributed by atoms with Crippen molar-refractivity contribution in [3.05, 3.63) is 64.2 Å². The van der Waals surface area contributed by atoms with E-state index in [1.807, 2.05) is 0 Å². The highest BCUT2D eigenvalue weighted by molar-refractivity contribution is 5.92. The van der Waals surface area contributed by atoms with Crippen molar-refractivity contribution >= 4 is 5.91 Å². The molecular weight excluding hydrogens is 348 g/mol. The third-order valence-electron chi connectivity index (χ3n) is 4.74. The van der Waals surface area contributed by atoms with Crippen molar-refractivity contribution in [2.75, 3.05) is 20.3 Å². The van der Waals surface area contributed by atoms with Gasteiger partial charge in [0, 0.05) is 19.5 Å². The van der Waals surface area contributed by atoms with Crippen LogP contribution in [0.5, 0.6) is 0 Å². The van der Waals surface area contributed by atoms with Crippen LogP contribution in [-0.2, 0) is 9.47 Å². The Balaban J connectivity index is 1.60. The van der Waals surface area contributed by atoms with Crippen LogP contribution < -0.4 is 16.0 Å². The van der Waals surface area contributed by atoms with Gasteiger partial charge in [-0.1, -0.05) is 6.08 Å². The number of oxazole rings is 1. The summed E-state index contributed by atoms with van der Waals surface area (Å²) in [5, 5.41) is 9.38. The molecule has 1 aromatic rings. The van der Waals surface area contributed by atoms with Crippen LogP contribution in [-0.4, -0.2) is 31.2 Å². The second-order valence-electron chi connectivity index (χ2n) is 6.44. The van der Waals surface area contributed by atoms with Crippen LogP contribution >= 0.6 is 0 Å². The Morgan fingerprint density at radius 1 is 1.30 bits per heavy atom. The van der Waals surface area contributed by atoms with Crippen LogP contribution in [0.3, 0.4) is 0 Å². The smallest absolute Gasteiger partial charge is 0.294 e. The van der Waals surface area contributed by atoms with Gasteiger partial charge in [-0.2, -0.15) is 0 Å². The number of rotatable bonds is 4. The van der Waals surface area contributed by atoms with Gasteiger partial charge in [-0.05, 0) is 24.0 Å². The van der Waals surface area contributed by atoms with E-state index in [1.165, 1.54) is 17.3 Å². The van der Waals surface area contributed by atoms with E-state index in [-0.39, 0.29) is 11.7 Å². The van der Waals surface area contributed by atoms with Crippen LogP contribution in [0.4, 0.5) is 0 Å². The number of allylic oxidation sites excluding steroid dienone is 2. The lowest BCUT2D eigenvalue weighted by Crippen LogP contribution is -2.39. The zero-order valence-corrected chi connectivity index (χ0v) is 15.3. The number of hydrogen-bond acceptors (Lipinski definition) is 7. The average molecular weight is 370 g/mol. The predicted octanol–water partition coefficient (Wildman–Crippen LogP) is 1.96. The van der Waals surface area contributed by atoms with Crippen molar-refractivity contribution in [2.45, 2.75) is 26.2 Å². The van der Waals surface area contributed by atoms with E-state index in [2.05, 4.69) is 27.0 Å². The molecule has 3 aliphatic rings. The Labute approximate surface area is 157 Å². The van der Waals surface area contributed by atoms with Crippen LogP contribution in [0.1, 0.15) is 35.7 Å². The Hall–Kier alpha value is -3.00. The minimum Gasteiger partial charge on any atom is -0.499 e. The SMILES string of the molecule is COC1=C2NC(NC(=O)c3cnc(C)o3)=CNC2=C(C2=CCOCC2)CC1. The number of ether oxygens (including phenoxy) is 2. The summed E-state index contributed by atoms with van der Waals surface area (Å²) in [7, 11) is 1.66. The molecule has 3 N–H and O–H groups in total. The fourth-order valence-electron chi connectivity index (χ4n) is 3.43. The van der Waals surface area contributed by atoms with Crippen molar-refractivity contribution in [3.63, 3.8) is 0 Å². The fourth-order valence-corrected chi connectivity index (χ4v) is 3.43. The Bertz CT molecular complexity index is 891. The number of aryl methyl sites for hydroxylation is 1. The highest BCUT2D eigenvalue weighted by Gasteiger charge is 2.28. The number of aromatic nitrogens is 1. The minimum atomic E-state index is -0.369. The van der Waals surface area contributed by atoms with E-state index in [0.717, 1.165) is 43.0 Å². The monoisotopic (exact) mass is 370 g/mol. The highest BCUT2D eigenvalue weighted by atomic mass is 16.5. The molecule has 0 fully saturated rings. The lowest BCUT2D eigenvalue weighted by atomic mass is 9.89. The number of fused-ring (bicyclic) bond motifs is 1.